The first-order valence-electron chi connectivity index (χ1n) is 21.1. The standard InChI is InChI=1S/C30H42FN9O3S.C13H16N4O2/c1-20(2)43-27-26(22(15-32)16-33)34-19-40-28(27)36-29(37-40)35-25-10-9-23(14-24(25)31)44(41,42)39-13-7-8-21(18-39)17-38-12-6-5-11-30(38,3)4;1-14-13(19)17(8-5-9-18)12-10-6-3-4-7-11(10)16(2)15-12/h9-10,14-16,19-21,32H,5-8,11-13,17-18,33H2,1-4H3,(H,35,37);3-4,6-7,9H,5,8H2,1-2H3,(H,14,19)/b22-16+,32-15?;. The van der Waals surface area contributed by atoms with Gasteiger partial charge in [-0.2, -0.15) is 18.9 Å². The van der Waals surface area contributed by atoms with Gasteiger partial charge in [0.2, 0.25) is 21.6 Å². The lowest BCUT2D eigenvalue weighted by atomic mass is 9.88. The van der Waals surface area contributed by atoms with E-state index in [1.54, 1.807) is 11.7 Å². The van der Waals surface area contributed by atoms with E-state index in [-0.39, 0.29) is 52.3 Å². The largest absolute Gasteiger partial charge is 0.485 e. The first-order valence-corrected chi connectivity index (χ1v) is 22.6. The lowest BCUT2D eigenvalue weighted by Gasteiger charge is -2.45. The number of nitrogens with two attached hydrogens (primary N) is 1. The molecule has 5 N–H and O–H groups in total. The summed E-state index contributed by atoms with van der Waals surface area (Å²) < 4.78 is 53.1. The van der Waals surface area contributed by atoms with Crippen LogP contribution in [0, 0.1) is 17.1 Å². The second-order valence-electron chi connectivity index (χ2n) is 16.5. The van der Waals surface area contributed by atoms with Crippen LogP contribution in [0.25, 0.3) is 22.1 Å². The summed E-state index contributed by atoms with van der Waals surface area (Å²) in [5.74, 6) is 0.383. The van der Waals surface area contributed by atoms with Crippen molar-refractivity contribution in [1.82, 2.24) is 43.9 Å². The highest BCUT2D eigenvalue weighted by Crippen LogP contribution is 2.33. The first kappa shape index (κ1) is 46.5. The molecule has 2 aliphatic rings. The van der Waals surface area contributed by atoms with Gasteiger partial charge in [-0.1, -0.05) is 18.6 Å². The fraction of sp³-hybridized carbons (Fsp3) is 0.465. The van der Waals surface area contributed by atoms with E-state index in [0.717, 1.165) is 61.8 Å². The van der Waals surface area contributed by atoms with Crippen LogP contribution in [0.4, 0.5) is 26.6 Å². The SMILES string of the molecule is CC(C)Oc1c(/C(C=N)=C/N)ncn2nc(Nc3ccc(S(=O)(=O)N4CCCC(CN5CCCCC5(C)C)C4)cc3F)nc12.CNC(=O)N(CCC=O)c1nn(C)c2ccccc12. The number of carbonyl (C=O) groups is 2. The first-order chi connectivity index (χ1) is 30.1. The monoisotopic (exact) mass is 887 g/mol. The predicted molar refractivity (Wildman–Crippen MR) is 241 cm³/mol. The molecule has 2 amide bonds. The Kier molecular flexibility index (Phi) is 14.8. The summed E-state index contributed by atoms with van der Waals surface area (Å²) >= 11 is 0. The number of nitrogens with zero attached hydrogens (tertiary/aromatic N) is 9. The molecule has 2 aromatic carbocycles. The number of allylic oxidation sites excluding steroid dienone is 1. The minimum atomic E-state index is -3.88. The van der Waals surface area contributed by atoms with Crippen molar-refractivity contribution in [3.63, 3.8) is 0 Å². The van der Waals surface area contributed by atoms with Crippen LogP contribution in [0.3, 0.4) is 0 Å². The highest BCUT2D eigenvalue weighted by Gasteiger charge is 2.35. The van der Waals surface area contributed by atoms with Crippen molar-refractivity contribution in [3.05, 3.63) is 66.5 Å². The number of urea groups is 1. The van der Waals surface area contributed by atoms with E-state index >= 15 is 4.39 Å². The number of benzene rings is 2. The third-order valence-corrected chi connectivity index (χ3v) is 13.2. The second-order valence-corrected chi connectivity index (χ2v) is 18.5. The van der Waals surface area contributed by atoms with Crippen molar-refractivity contribution in [2.75, 3.05) is 50.0 Å². The Labute approximate surface area is 367 Å². The highest BCUT2D eigenvalue weighted by atomic mass is 32.2. The lowest BCUT2D eigenvalue weighted by molar-refractivity contribution is -0.107. The van der Waals surface area contributed by atoms with Gasteiger partial charge in [0.25, 0.3) is 0 Å². The number of likely N-dealkylation sites (tertiary alicyclic amines) is 1. The van der Waals surface area contributed by atoms with E-state index < -0.39 is 15.8 Å². The molecule has 63 heavy (non-hydrogen) atoms. The molecule has 2 saturated heterocycles. The van der Waals surface area contributed by atoms with Crippen LogP contribution in [0.2, 0.25) is 0 Å². The molecular formula is C43H58FN13O5S. The van der Waals surface area contributed by atoms with Gasteiger partial charge in [0, 0.05) is 75.6 Å². The van der Waals surface area contributed by atoms with Crippen LogP contribution in [-0.4, -0.2) is 117 Å². The molecule has 1 unspecified atom stereocenters. The lowest BCUT2D eigenvalue weighted by Crippen LogP contribution is -2.51. The molecule has 5 heterocycles. The Morgan fingerprint density at radius 1 is 1.14 bits per heavy atom. The molecule has 0 spiro atoms. The summed E-state index contributed by atoms with van der Waals surface area (Å²) in [6, 6.07) is 11.2. The van der Waals surface area contributed by atoms with E-state index in [9.17, 15) is 18.0 Å². The summed E-state index contributed by atoms with van der Waals surface area (Å²) in [5.41, 5.74) is 7.70. The number of hydrogen-bond acceptors (Lipinski definition) is 13. The zero-order chi connectivity index (χ0) is 45.5. The number of sulfonamides is 1. The van der Waals surface area contributed by atoms with Crippen LogP contribution >= 0.6 is 0 Å². The minimum Gasteiger partial charge on any atom is -0.485 e. The van der Waals surface area contributed by atoms with E-state index in [1.165, 1.54) is 51.2 Å². The molecule has 3 aromatic heterocycles. The van der Waals surface area contributed by atoms with Crippen molar-refractivity contribution in [2.24, 2.45) is 18.7 Å². The molecule has 0 saturated carbocycles. The van der Waals surface area contributed by atoms with Gasteiger partial charge >= 0.3 is 6.03 Å². The summed E-state index contributed by atoms with van der Waals surface area (Å²) in [7, 11) is -0.495. The topological polar surface area (TPSA) is 222 Å². The van der Waals surface area contributed by atoms with Crippen molar-refractivity contribution in [2.45, 2.75) is 82.8 Å². The summed E-state index contributed by atoms with van der Waals surface area (Å²) in [5, 5.41) is 22.7. The molecule has 20 heteroatoms. The fourth-order valence-electron chi connectivity index (χ4n) is 8.04. The van der Waals surface area contributed by atoms with Crippen molar-refractivity contribution in [1.29, 1.82) is 5.41 Å². The molecular weight excluding hydrogens is 830 g/mol. The summed E-state index contributed by atoms with van der Waals surface area (Å²) in [4.78, 5) is 35.1. The Morgan fingerprint density at radius 3 is 2.60 bits per heavy atom. The summed E-state index contributed by atoms with van der Waals surface area (Å²) in [6.45, 7) is 11.3. The van der Waals surface area contributed by atoms with Crippen molar-refractivity contribution in [3.8, 4) is 5.75 Å². The zero-order valence-electron chi connectivity index (χ0n) is 36.7. The van der Waals surface area contributed by atoms with Crippen LogP contribution in [0.15, 0.2) is 59.9 Å². The maximum atomic E-state index is 15.4. The number of halogens is 1. The third-order valence-electron chi connectivity index (χ3n) is 11.3. The van der Waals surface area contributed by atoms with Crippen LogP contribution < -0.4 is 26.0 Å². The van der Waals surface area contributed by atoms with Crippen LogP contribution in [0.1, 0.15) is 71.9 Å². The average molecular weight is 888 g/mol. The van der Waals surface area contributed by atoms with Gasteiger partial charge in [0.1, 0.15) is 24.1 Å². The number of piperidine rings is 2. The normalized spacial score (nSPS) is 17.3. The molecule has 0 bridgehead atoms. The highest BCUT2D eigenvalue weighted by molar-refractivity contribution is 7.89. The number of amides is 2. The third kappa shape index (κ3) is 10.5. The molecule has 2 aliphatic heterocycles. The van der Waals surface area contributed by atoms with Gasteiger partial charge in [0.15, 0.2) is 11.6 Å². The molecule has 7 rings (SSSR count). The predicted octanol–water partition coefficient (Wildman–Crippen LogP) is 5.72. The number of para-hydroxylation sites is 1. The fourth-order valence-corrected chi connectivity index (χ4v) is 9.61. The number of hydrogen-bond donors (Lipinski definition) is 4. The Hall–Kier alpha value is -5.99. The molecule has 0 aliphatic carbocycles. The summed E-state index contributed by atoms with van der Waals surface area (Å²) in [6.07, 6.45) is 9.84. The van der Waals surface area contributed by atoms with Gasteiger partial charge < -0.3 is 31.3 Å². The van der Waals surface area contributed by atoms with Gasteiger partial charge in [-0.25, -0.2) is 22.6 Å². The van der Waals surface area contributed by atoms with Gasteiger partial charge in [0.05, 0.1) is 22.2 Å². The molecule has 0 radical (unpaired) electrons. The van der Waals surface area contributed by atoms with Crippen LogP contribution in [0.5, 0.6) is 5.75 Å². The van der Waals surface area contributed by atoms with Crippen LogP contribution in [-0.2, 0) is 21.9 Å². The molecule has 1 atom stereocenters. The minimum absolute atomic E-state index is 0.0188. The number of anilines is 3. The number of aryl methyl sites for hydroxylation is 1. The number of nitrogens with one attached hydrogen (secondary N) is 3. The van der Waals surface area contributed by atoms with Gasteiger partial charge in [-0.05, 0) is 96.2 Å². The molecule has 2 fully saturated rings. The second kappa shape index (κ2) is 20.0. The quantitative estimate of drug-likeness (QED) is 0.0777. The maximum Gasteiger partial charge on any atom is 0.322 e. The molecule has 18 nitrogen and oxygen atoms in total. The number of ether oxygens (including phenoxy) is 1. The number of carbonyl (C=O) groups excluding carboxylic acids is 2. The number of aromatic nitrogens is 6. The van der Waals surface area contributed by atoms with Gasteiger partial charge in [-0.15, -0.1) is 5.10 Å². The average Bonchev–Trinajstić information content (AvgIpc) is 3.84. The maximum absolute atomic E-state index is 15.4. The van der Waals surface area contributed by atoms with E-state index in [0.29, 0.717) is 42.4 Å². The van der Waals surface area contributed by atoms with E-state index in [4.69, 9.17) is 15.9 Å². The van der Waals surface area contributed by atoms with E-state index in [1.807, 2.05) is 45.2 Å². The number of fused-ring (bicyclic) bond motifs is 2. The number of aldehydes is 1. The van der Waals surface area contributed by atoms with E-state index in [2.05, 4.69) is 49.5 Å². The van der Waals surface area contributed by atoms with Gasteiger partial charge in [-0.3, -0.25) is 14.5 Å². The number of rotatable bonds is 14. The Balaban J connectivity index is 0.000000290. The molecule has 338 valence electrons. The van der Waals surface area contributed by atoms with Crippen molar-refractivity contribution < 1.29 is 27.1 Å². The Morgan fingerprint density at radius 2 is 1.92 bits per heavy atom. The Bertz CT molecular complexity index is 2570. The zero-order valence-corrected chi connectivity index (χ0v) is 37.5. The van der Waals surface area contributed by atoms with Crippen molar-refractivity contribution >= 4 is 68.1 Å². The molecule has 5 aromatic rings. The smallest absolute Gasteiger partial charge is 0.322 e.